The van der Waals surface area contributed by atoms with Gasteiger partial charge < -0.3 is 10.1 Å². The third-order valence-electron chi connectivity index (χ3n) is 3.36. The Kier molecular flexibility index (Phi) is 3.73. The third kappa shape index (κ3) is 2.97. The number of nitrogens with one attached hydrogen (secondary N) is 1. The minimum absolute atomic E-state index is 0.649. The fraction of sp³-hybridized carbons (Fsp3) is 0.250. The second-order valence-electron chi connectivity index (χ2n) is 4.93. The van der Waals surface area contributed by atoms with Crippen molar-refractivity contribution in [2.24, 2.45) is 0 Å². The van der Waals surface area contributed by atoms with Crippen LogP contribution in [0.1, 0.15) is 11.1 Å². The zero-order valence-electron chi connectivity index (χ0n) is 12.2. The second-order valence-corrected chi connectivity index (χ2v) is 4.93. The normalized spacial score (nSPS) is 10.8. The number of rotatable bonds is 5. The maximum absolute atomic E-state index is 5.35. The van der Waals surface area contributed by atoms with Crippen molar-refractivity contribution in [1.29, 1.82) is 0 Å². The largest absolute Gasteiger partial charge is 0.496 e. The summed E-state index contributed by atoms with van der Waals surface area (Å²) in [5.41, 5.74) is 3.21. The molecule has 0 unspecified atom stereocenters. The molecule has 1 N–H and O–H groups in total. The number of methoxy groups -OCH3 is 1. The van der Waals surface area contributed by atoms with Crippen molar-refractivity contribution in [3.8, 4) is 5.75 Å². The summed E-state index contributed by atoms with van der Waals surface area (Å²) in [5.74, 6) is 1.56. The first-order valence-electron chi connectivity index (χ1n) is 6.95. The number of ether oxygens (including phenoxy) is 1. The molecule has 0 aliphatic heterocycles. The topological polar surface area (TPSA) is 51.5 Å². The molecule has 5 heteroatoms. The molecular formula is C16H18N4O. The Morgan fingerprint density at radius 2 is 2.10 bits per heavy atom. The Morgan fingerprint density at radius 1 is 1.24 bits per heavy atom. The number of fused-ring (bicyclic) bond motifs is 1. The van der Waals surface area contributed by atoms with Crippen molar-refractivity contribution in [3.05, 3.63) is 53.7 Å². The lowest BCUT2D eigenvalue weighted by Crippen LogP contribution is -2.07. The summed E-state index contributed by atoms with van der Waals surface area (Å²) >= 11 is 0. The van der Waals surface area contributed by atoms with Crippen LogP contribution in [0.25, 0.3) is 5.65 Å². The number of hydrogen-bond acceptors (Lipinski definition) is 4. The van der Waals surface area contributed by atoms with Crippen LogP contribution in [-0.2, 0) is 6.42 Å². The van der Waals surface area contributed by atoms with Crippen LogP contribution >= 0.6 is 0 Å². The van der Waals surface area contributed by atoms with Crippen LogP contribution < -0.4 is 10.1 Å². The lowest BCUT2D eigenvalue weighted by Gasteiger charge is -2.07. The highest BCUT2D eigenvalue weighted by molar-refractivity contribution is 5.45. The predicted octanol–water partition coefficient (Wildman–Crippen LogP) is 2.70. The third-order valence-corrected chi connectivity index (χ3v) is 3.36. The van der Waals surface area contributed by atoms with Crippen LogP contribution in [-0.4, -0.2) is 28.3 Å². The quantitative estimate of drug-likeness (QED) is 0.781. The summed E-state index contributed by atoms with van der Waals surface area (Å²) in [6.45, 7) is 2.81. The average molecular weight is 282 g/mol. The van der Waals surface area contributed by atoms with Gasteiger partial charge in [-0.15, -0.1) is 5.10 Å². The van der Waals surface area contributed by atoms with E-state index in [2.05, 4.69) is 21.5 Å². The van der Waals surface area contributed by atoms with Gasteiger partial charge in [-0.25, -0.2) is 4.52 Å². The van der Waals surface area contributed by atoms with E-state index < -0.39 is 0 Å². The zero-order chi connectivity index (χ0) is 14.7. The van der Waals surface area contributed by atoms with Crippen molar-refractivity contribution < 1.29 is 4.74 Å². The van der Waals surface area contributed by atoms with Gasteiger partial charge in [0, 0.05) is 12.7 Å². The van der Waals surface area contributed by atoms with Crippen molar-refractivity contribution in [1.82, 2.24) is 14.6 Å². The van der Waals surface area contributed by atoms with Crippen LogP contribution in [0.2, 0.25) is 0 Å². The number of aromatic nitrogens is 3. The maximum atomic E-state index is 5.35. The first-order valence-corrected chi connectivity index (χ1v) is 6.95. The van der Waals surface area contributed by atoms with Crippen molar-refractivity contribution in [3.63, 3.8) is 0 Å². The zero-order valence-corrected chi connectivity index (χ0v) is 12.2. The maximum Gasteiger partial charge on any atom is 0.243 e. The molecular weight excluding hydrogens is 264 g/mol. The summed E-state index contributed by atoms with van der Waals surface area (Å²) in [6.07, 6.45) is 2.78. The first-order chi connectivity index (χ1) is 10.3. The Bertz CT molecular complexity index is 751. The molecule has 0 radical (unpaired) electrons. The Balaban J connectivity index is 1.66. The molecule has 108 valence electrons. The molecule has 0 saturated carbocycles. The van der Waals surface area contributed by atoms with Crippen LogP contribution in [0.4, 0.5) is 5.95 Å². The Morgan fingerprint density at radius 3 is 2.95 bits per heavy atom. The van der Waals surface area contributed by atoms with Crippen LogP contribution in [0.15, 0.2) is 42.6 Å². The van der Waals surface area contributed by atoms with Gasteiger partial charge in [-0.05, 0) is 42.7 Å². The number of para-hydroxylation sites is 1. The number of pyridine rings is 1. The molecule has 0 bridgehead atoms. The number of benzene rings is 1. The van der Waals surface area contributed by atoms with Crippen molar-refractivity contribution in [2.75, 3.05) is 19.0 Å². The van der Waals surface area contributed by atoms with Gasteiger partial charge in [0.25, 0.3) is 0 Å². The Hall–Kier alpha value is -2.56. The molecule has 2 heterocycles. The van der Waals surface area contributed by atoms with E-state index in [1.54, 1.807) is 11.6 Å². The van der Waals surface area contributed by atoms with E-state index >= 15 is 0 Å². The highest BCUT2D eigenvalue weighted by Crippen LogP contribution is 2.17. The lowest BCUT2D eigenvalue weighted by atomic mass is 10.1. The van der Waals surface area contributed by atoms with E-state index in [0.29, 0.717) is 5.95 Å². The van der Waals surface area contributed by atoms with E-state index in [1.165, 1.54) is 11.1 Å². The fourth-order valence-electron chi connectivity index (χ4n) is 2.28. The number of aryl methyl sites for hydroxylation is 1. The van der Waals surface area contributed by atoms with Crippen LogP contribution in [0.3, 0.4) is 0 Å². The van der Waals surface area contributed by atoms with E-state index in [0.717, 1.165) is 24.4 Å². The fourth-order valence-corrected chi connectivity index (χ4v) is 2.28. The molecule has 0 aliphatic carbocycles. The summed E-state index contributed by atoms with van der Waals surface area (Å²) < 4.78 is 7.12. The van der Waals surface area contributed by atoms with Gasteiger partial charge in [0.05, 0.1) is 7.11 Å². The van der Waals surface area contributed by atoms with Gasteiger partial charge in [-0.2, -0.15) is 4.98 Å². The molecule has 3 rings (SSSR count). The number of nitrogens with zero attached hydrogens (tertiary/aromatic N) is 3. The van der Waals surface area contributed by atoms with Gasteiger partial charge in [0.15, 0.2) is 5.65 Å². The molecule has 21 heavy (non-hydrogen) atoms. The first kappa shape index (κ1) is 13.4. The molecule has 1 aromatic carbocycles. The smallest absolute Gasteiger partial charge is 0.243 e. The van der Waals surface area contributed by atoms with Gasteiger partial charge >= 0.3 is 0 Å². The SMILES string of the molecule is COc1ccccc1CCNc1nc2cc(C)ccn2n1. The number of anilines is 1. The second kappa shape index (κ2) is 5.83. The van der Waals surface area contributed by atoms with E-state index in [4.69, 9.17) is 4.74 Å². The monoisotopic (exact) mass is 282 g/mol. The molecule has 0 atom stereocenters. The summed E-state index contributed by atoms with van der Waals surface area (Å²) in [7, 11) is 1.69. The Labute approximate surface area is 123 Å². The van der Waals surface area contributed by atoms with E-state index in [9.17, 15) is 0 Å². The summed E-state index contributed by atoms with van der Waals surface area (Å²) in [5, 5.41) is 7.65. The molecule has 0 saturated heterocycles. The van der Waals surface area contributed by atoms with Crippen molar-refractivity contribution in [2.45, 2.75) is 13.3 Å². The highest BCUT2D eigenvalue weighted by atomic mass is 16.5. The summed E-state index contributed by atoms with van der Waals surface area (Å²) in [6, 6.07) is 12.1. The van der Waals surface area contributed by atoms with Gasteiger partial charge in [-0.3, -0.25) is 0 Å². The van der Waals surface area contributed by atoms with Gasteiger partial charge in [-0.1, -0.05) is 18.2 Å². The molecule has 0 fully saturated rings. The standard InChI is InChI=1S/C16H18N4O/c1-12-8-10-20-15(11-12)18-16(19-20)17-9-7-13-5-3-4-6-14(13)21-2/h3-6,8,10-11H,7,9H2,1-2H3,(H,17,19). The van der Waals surface area contributed by atoms with E-state index in [-0.39, 0.29) is 0 Å². The van der Waals surface area contributed by atoms with E-state index in [1.807, 2.05) is 43.5 Å². The molecule has 3 aromatic rings. The average Bonchev–Trinajstić information content (AvgIpc) is 2.89. The van der Waals surface area contributed by atoms with Gasteiger partial charge in [0.1, 0.15) is 5.75 Å². The molecule has 0 aliphatic rings. The van der Waals surface area contributed by atoms with Gasteiger partial charge in [0.2, 0.25) is 5.95 Å². The molecule has 0 amide bonds. The molecule has 0 spiro atoms. The van der Waals surface area contributed by atoms with Crippen molar-refractivity contribution >= 4 is 11.6 Å². The molecule has 2 aromatic heterocycles. The summed E-state index contributed by atoms with van der Waals surface area (Å²) in [4.78, 5) is 4.46. The minimum Gasteiger partial charge on any atom is -0.496 e. The lowest BCUT2D eigenvalue weighted by molar-refractivity contribution is 0.410. The predicted molar refractivity (Wildman–Crippen MR) is 82.9 cm³/mol. The van der Waals surface area contributed by atoms with Crippen LogP contribution in [0, 0.1) is 6.92 Å². The highest BCUT2D eigenvalue weighted by Gasteiger charge is 2.04. The van der Waals surface area contributed by atoms with Crippen LogP contribution in [0.5, 0.6) is 5.75 Å². The molecule has 5 nitrogen and oxygen atoms in total. The minimum atomic E-state index is 0.649. The number of hydrogen-bond donors (Lipinski definition) is 1.